The van der Waals surface area contributed by atoms with Gasteiger partial charge in [0.2, 0.25) is 0 Å². The Morgan fingerprint density at radius 1 is 1.47 bits per heavy atom. The molecule has 17 heavy (non-hydrogen) atoms. The standard InChI is InChI=1S/C13H17ClO3/c1-3-17-10-7-13(15,8-10)11-6-9(14)4-5-12(11)16-2/h4-6,10,15H,3,7-8H2,1-2H3. The Hall–Kier alpha value is -0.770. The topological polar surface area (TPSA) is 38.7 Å². The fourth-order valence-corrected chi connectivity index (χ4v) is 2.48. The van der Waals surface area contributed by atoms with Crippen LogP contribution in [-0.2, 0) is 10.3 Å². The molecule has 0 spiro atoms. The summed E-state index contributed by atoms with van der Waals surface area (Å²) in [6, 6.07) is 5.30. The smallest absolute Gasteiger partial charge is 0.125 e. The molecule has 1 aliphatic carbocycles. The van der Waals surface area contributed by atoms with Crippen molar-refractivity contribution in [3.63, 3.8) is 0 Å². The van der Waals surface area contributed by atoms with Crippen molar-refractivity contribution in [2.24, 2.45) is 0 Å². The van der Waals surface area contributed by atoms with Crippen molar-refractivity contribution in [3.05, 3.63) is 28.8 Å². The zero-order chi connectivity index (χ0) is 12.5. The van der Waals surface area contributed by atoms with E-state index in [1.54, 1.807) is 25.3 Å². The second-order valence-corrected chi connectivity index (χ2v) is 4.80. The first-order valence-electron chi connectivity index (χ1n) is 5.77. The van der Waals surface area contributed by atoms with Crippen molar-refractivity contribution >= 4 is 11.6 Å². The van der Waals surface area contributed by atoms with E-state index in [-0.39, 0.29) is 6.10 Å². The monoisotopic (exact) mass is 256 g/mol. The van der Waals surface area contributed by atoms with Gasteiger partial charge in [0, 0.05) is 30.0 Å². The maximum atomic E-state index is 10.5. The summed E-state index contributed by atoms with van der Waals surface area (Å²) in [6.07, 6.45) is 1.32. The lowest BCUT2D eigenvalue weighted by Crippen LogP contribution is -2.46. The molecule has 1 fully saturated rings. The van der Waals surface area contributed by atoms with E-state index in [0.717, 1.165) is 5.56 Å². The van der Waals surface area contributed by atoms with Gasteiger partial charge in [-0.15, -0.1) is 0 Å². The molecule has 1 saturated carbocycles. The van der Waals surface area contributed by atoms with Crippen LogP contribution in [0.3, 0.4) is 0 Å². The Balaban J connectivity index is 2.20. The molecule has 0 radical (unpaired) electrons. The Morgan fingerprint density at radius 2 is 2.18 bits per heavy atom. The van der Waals surface area contributed by atoms with Crippen LogP contribution in [0.1, 0.15) is 25.3 Å². The van der Waals surface area contributed by atoms with Gasteiger partial charge in [0.05, 0.1) is 18.8 Å². The quantitative estimate of drug-likeness (QED) is 0.900. The lowest BCUT2D eigenvalue weighted by atomic mass is 9.72. The van der Waals surface area contributed by atoms with Crippen LogP contribution in [-0.4, -0.2) is 24.9 Å². The molecule has 0 saturated heterocycles. The molecule has 94 valence electrons. The molecule has 3 nitrogen and oxygen atoms in total. The third kappa shape index (κ3) is 2.41. The predicted molar refractivity (Wildman–Crippen MR) is 66.5 cm³/mol. The normalized spacial score (nSPS) is 27.6. The van der Waals surface area contributed by atoms with E-state index in [2.05, 4.69) is 0 Å². The van der Waals surface area contributed by atoms with Gasteiger partial charge in [-0.2, -0.15) is 0 Å². The van der Waals surface area contributed by atoms with Crippen LogP contribution < -0.4 is 4.74 Å². The van der Waals surface area contributed by atoms with Crippen LogP contribution in [0.4, 0.5) is 0 Å². The molecule has 0 aliphatic heterocycles. The lowest BCUT2D eigenvalue weighted by Gasteiger charge is -2.44. The molecule has 0 unspecified atom stereocenters. The highest BCUT2D eigenvalue weighted by Crippen LogP contribution is 2.46. The Bertz CT molecular complexity index is 400. The number of halogens is 1. The van der Waals surface area contributed by atoms with Gasteiger partial charge >= 0.3 is 0 Å². The van der Waals surface area contributed by atoms with Gasteiger partial charge in [0.1, 0.15) is 5.75 Å². The van der Waals surface area contributed by atoms with Crippen LogP contribution in [0.5, 0.6) is 5.75 Å². The zero-order valence-corrected chi connectivity index (χ0v) is 10.8. The van der Waals surface area contributed by atoms with E-state index in [1.807, 2.05) is 6.92 Å². The fraction of sp³-hybridized carbons (Fsp3) is 0.538. The van der Waals surface area contributed by atoms with Crippen LogP contribution in [0, 0.1) is 0 Å². The molecule has 4 heteroatoms. The maximum Gasteiger partial charge on any atom is 0.125 e. The van der Waals surface area contributed by atoms with Gasteiger partial charge in [-0.25, -0.2) is 0 Å². The van der Waals surface area contributed by atoms with Gasteiger partial charge in [-0.1, -0.05) is 11.6 Å². The largest absolute Gasteiger partial charge is 0.496 e. The van der Waals surface area contributed by atoms with Crippen LogP contribution in [0.25, 0.3) is 0 Å². The van der Waals surface area contributed by atoms with Gasteiger partial charge < -0.3 is 14.6 Å². The molecular weight excluding hydrogens is 240 g/mol. The Kier molecular flexibility index (Phi) is 3.61. The van der Waals surface area contributed by atoms with Crippen molar-refractivity contribution in [1.82, 2.24) is 0 Å². The molecule has 0 aromatic heterocycles. The van der Waals surface area contributed by atoms with Gasteiger partial charge in [-0.05, 0) is 25.1 Å². The first-order chi connectivity index (χ1) is 8.09. The molecule has 0 atom stereocenters. The van der Waals surface area contributed by atoms with Crippen LogP contribution in [0.15, 0.2) is 18.2 Å². The summed E-state index contributed by atoms with van der Waals surface area (Å²) in [5.41, 5.74) is -0.112. The minimum absolute atomic E-state index is 0.133. The summed E-state index contributed by atoms with van der Waals surface area (Å²) in [6.45, 7) is 2.63. The Labute approximate surface area is 106 Å². The summed E-state index contributed by atoms with van der Waals surface area (Å²) < 4.78 is 10.7. The number of hydrogen-bond acceptors (Lipinski definition) is 3. The predicted octanol–water partition coefficient (Wildman–Crippen LogP) is 2.74. The second-order valence-electron chi connectivity index (χ2n) is 4.36. The van der Waals surface area contributed by atoms with Crippen molar-refractivity contribution in [1.29, 1.82) is 0 Å². The molecule has 0 bridgehead atoms. The number of rotatable bonds is 4. The van der Waals surface area contributed by atoms with E-state index in [1.165, 1.54) is 0 Å². The molecule has 0 amide bonds. The number of benzene rings is 1. The highest BCUT2D eigenvalue weighted by atomic mass is 35.5. The minimum atomic E-state index is -0.865. The van der Waals surface area contributed by atoms with E-state index in [0.29, 0.717) is 30.2 Å². The summed E-state index contributed by atoms with van der Waals surface area (Å²) in [5, 5.41) is 11.1. The fourth-order valence-electron chi connectivity index (χ4n) is 2.31. The molecule has 0 heterocycles. The number of hydrogen-bond donors (Lipinski definition) is 1. The van der Waals surface area contributed by atoms with Crippen LogP contribution >= 0.6 is 11.6 Å². The minimum Gasteiger partial charge on any atom is -0.496 e. The summed E-state index contributed by atoms with van der Waals surface area (Å²) in [5.74, 6) is 0.673. The van der Waals surface area contributed by atoms with E-state index in [4.69, 9.17) is 21.1 Å². The third-order valence-electron chi connectivity index (χ3n) is 3.20. The number of ether oxygens (including phenoxy) is 2. The van der Waals surface area contributed by atoms with Crippen molar-refractivity contribution in [2.45, 2.75) is 31.5 Å². The van der Waals surface area contributed by atoms with E-state index in [9.17, 15) is 5.11 Å². The SMILES string of the molecule is CCOC1CC(O)(c2cc(Cl)ccc2OC)C1. The average Bonchev–Trinajstić information content (AvgIpc) is 2.27. The number of aliphatic hydroxyl groups is 1. The zero-order valence-electron chi connectivity index (χ0n) is 10.1. The average molecular weight is 257 g/mol. The maximum absolute atomic E-state index is 10.5. The van der Waals surface area contributed by atoms with Gasteiger partial charge in [0.15, 0.2) is 0 Å². The van der Waals surface area contributed by atoms with Crippen molar-refractivity contribution in [2.75, 3.05) is 13.7 Å². The molecule has 1 N–H and O–H groups in total. The first-order valence-corrected chi connectivity index (χ1v) is 6.15. The first kappa shape index (κ1) is 12.7. The second kappa shape index (κ2) is 4.84. The molecule has 1 aliphatic rings. The summed E-state index contributed by atoms with van der Waals surface area (Å²) >= 11 is 5.96. The highest BCUT2D eigenvalue weighted by molar-refractivity contribution is 6.30. The van der Waals surface area contributed by atoms with Gasteiger partial charge in [0.25, 0.3) is 0 Å². The van der Waals surface area contributed by atoms with E-state index >= 15 is 0 Å². The highest BCUT2D eigenvalue weighted by Gasteiger charge is 2.46. The molecule has 1 aromatic rings. The third-order valence-corrected chi connectivity index (χ3v) is 3.43. The van der Waals surface area contributed by atoms with Gasteiger partial charge in [-0.3, -0.25) is 0 Å². The van der Waals surface area contributed by atoms with Crippen LogP contribution in [0.2, 0.25) is 5.02 Å². The van der Waals surface area contributed by atoms with Crippen molar-refractivity contribution in [3.8, 4) is 5.75 Å². The molecule has 1 aromatic carbocycles. The molecular formula is C13H17ClO3. The van der Waals surface area contributed by atoms with Crippen molar-refractivity contribution < 1.29 is 14.6 Å². The Morgan fingerprint density at radius 3 is 2.76 bits per heavy atom. The lowest BCUT2D eigenvalue weighted by molar-refractivity contribution is -0.143. The summed E-state index contributed by atoms with van der Waals surface area (Å²) in [4.78, 5) is 0. The molecule has 2 rings (SSSR count). The summed E-state index contributed by atoms with van der Waals surface area (Å²) in [7, 11) is 1.59. The van der Waals surface area contributed by atoms with E-state index < -0.39 is 5.60 Å². The number of methoxy groups -OCH3 is 1.